The third-order valence-corrected chi connectivity index (χ3v) is 4.72. The van der Waals surface area contributed by atoms with Gasteiger partial charge in [-0.05, 0) is 50.1 Å². The van der Waals surface area contributed by atoms with Crippen molar-refractivity contribution in [3.8, 4) is 0 Å². The fourth-order valence-electron chi connectivity index (χ4n) is 2.20. The summed E-state index contributed by atoms with van der Waals surface area (Å²) in [5, 5.41) is 13.4. The van der Waals surface area contributed by atoms with Gasteiger partial charge in [0.2, 0.25) is 0 Å². The summed E-state index contributed by atoms with van der Waals surface area (Å²) in [6, 6.07) is 11.6. The zero-order valence-electron chi connectivity index (χ0n) is 15.2. The Balaban J connectivity index is 1.84. The van der Waals surface area contributed by atoms with Gasteiger partial charge in [0, 0.05) is 22.7 Å². The lowest BCUT2D eigenvalue weighted by Crippen LogP contribution is -2.30. The number of hydrogen-bond acceptors (Lipinski definition) is 6. The van der Waals surface area contributed by atoms with Crippen molar-refractivity contribution >= 4 is 35.0 Å². The molecule has 0 saturated carbocycles. The fourth-order valence-corrected chi connectivity index (χ4v) is 2.88. The SMILES string of the molecule is Cc1ccc(C)c(NC(=O)[C@@H](C)OC(=O)CSc2ccc([N+](=O)[O-])cc2)c1. The smallest absolute Gasteiger partial charge is 0.317 e. The van der Waals surface area contributed by atoms with Gasteiger partial charge in [0.15, 0.2) is 6.10 Å². The first-order valence-corrected chi connectivity index (χ1v) is 9.19. The van der Waals surface area contributed by atoms with Gasteiger partial charge >= 0.3 is 5.97 Å². The molecule has 1 N–H and O–H groups in total. The predicted molar refractivity (Wildman–Crippen MR) is 104 cm³/mol. The number of carbonyl (C=O) groups excluding carboxylic acids is 2. The number of nitrogens with one attached hydrogen (secondary N) is 1. The quantitative estimate of drug-likeness (QED) is 0.335. The van der Waals surface area contributed by atoms with Gasteiger partial charge in [-0.25, -0.2) is 0 Å². The van der Waals surface area contributed by atoms with E-state index in [1.165, 1.54) is 30.8 Å². The highest BCUT2D eigenvalue weighted by molar-refractivity contribution is 8.00. The highest BCUT2D eigenvalue weighted by Crippen LogP contribution is 2.22. The minimum absolute atomic E-state index is 0.00109. The lowest BCUT2D eigenvalue weighted by molar-refractivity contribution is -0.384. The average molecular weight is 388 g/mol. The van der Waals surface area contributed by atoms with Crippen molar-refractivity contribution in [2.24, 2.45) is 0 Å². The van der Waals surface area contributed by atoms with E-state index in [1.54, 1.807) is 12.1 Å². The lowest BCUT2D eigenvalue weighted by Gasteiger charge is -2.15. The minimum Gasteiger partial charge on any atom is -0.452 e. The second-order valence-electron chi connectivity index (χ2n) is 5.98. The maximum Gasteiger partial charge on any atom is 0.317 e. The van der Waals surface area contributed by atoms with Crippen molar-refractivity contribution in [3.05, 3.63) is 63.7 Å². The first kappa shape index (κ1) is 20.4. The molecule has 2 rings (SSSR count). The number of rotatable bonds is 7. The number of carbonyl (C=O) groups is 2. The number of hydrogen-bond donors (Lipinski definition) is 1. The summed E-state index contributed by atoms with van der Waals surface area (Å²) < 4.78 is 5.16. The molecule has 8 heteroatoms. The van der Waals surface area contributed by atoms with Crippen LogP contribution in [0.1, 0.15) is 18.1 Å². The number of thioether (sulfide) groups is 1. The third-order valence-electron chi connectivity index (χ3n) is 3.73. The number of nitro groups is 1. The number of ether oxygens (including phenoxy) is 1. The molecular weight excluding hydrogens is 368 g/mol. The van der Waals surface area contributed by atoms with E-state index in [2.05, 4.69) is 5.32 Å². The number of amides is 1. The molecule has 0 bridgehead atoms. The van der Waals surface area contributed by atoms with Crippen molar-refractivity contribution in [1.82, 2.24) is 0 Å². The zero-order valence-corrected chi connectivity index (χ0v) is 16.0. The summed E-state index contributed by atoms with van der Waals surface area (Å²) in [5.74, 6) is -0.946. The van der Waals surface area contributed by atoms with E-state index in [0.29, 0.717) is 10.6 Å². The Kier molecular flexibility index (Phi) is 6.95. The molecule has 27 heavy (non-hydrogen) atoms. The second kappa shape index (κ2) is 9.18. The van der Waals surface area contributed by atoms with Crippen molar-refractivity contribution in [2.45, 2.75) is 31.8 Å². The molecule has 0 heterocycles. The maximum atomic E-state index is 12.2. The molecule has 0 aliphatic heterocycles. The van der Waals surface area contributed by atoms with Crippen LogP contribution < -0.4 is 5.32 Å². The number of anilines is 1. The van der Waals surface area contributed by atoms with Crippen molar-refractivity contribution in [3.63, 3.8) is 0 Å². The van der Waals surface area contributed by atoms with E-state index in [0.717, 1.165) is 11.1 Å². The molecule has 2 aromatic carbocycles. The summed E-state index contributed by atoms with van der Waals surface area (Å²) in [5.41, 5.74) is 2.60. The van der Waals surface area contributed by atoms with Gasteiger partial charge in [-0.3, -0.25) is 19.7 Å². The van der Waals surface area contributed by atoms with Crippen molar-refractivity contribution < 1.29 is 19.2 Å². The van der Waals surface area contributed by atoms with Crippen LogP contribution in [0.4, 0.5) is 11.4 Å². The molecule has 0 fully saturated rings. The Hall–Kier alpha value is -2.87. The van der Waals surface area contributed by atoms with E-state index in [4.69, 9.17) is 4.74 Å². The standard InChI is InChI=1S/C19H20N2O5S/c1-12-4-5-13(2)17(10-12)20-19(23)14(3)26-18(22)11-27-16-8-6-15(7-9-16)21(24)25/h4-10,14H,11H2,1-3H3,(H,20,23)/t14-/m1/s1. The summed E-state index contributed by atoms with van der Waals surface area (Å²) in [4.78, 5) is 35.0. The predicted octanol–water partition coefficient (Wildman–Crippen LogP) is 3.87. The van der Waals surface area contributed by atoms with E-state index < -0.39 is 22.9 Å². The molecule has 142 valence electrons. The Bertz CT molecular complexity index is 852. The number of benzene rings is 2. The maximum absolute atomic E-state index is 12.2. The fraction of sp³-hybridized carbons (Fsp3) is 0.263. The molecule has 0 saturated heterocycles. The van der Waals surface area contributed by atoms with Crippen molar-refractivity contribution in [2.75, 3.05) is 11.1 Å². The molecule has 1 amide bonds. The Labute approximate surface area is 161 Å². The van der Waals surface area contributed by atoms with Crippen LogP contribution in [0.3, 0.4) is 0 Å². The molecule has 0 aliphatic carbocycles. The molecule has 0 unspecified atom stereocenters. The molecule has 0 aliphatic rings. The summed E-state index contributed by atoms with van der Waals surface area (Å²) in [6.07, 6.45) is -0.935. The van der Waals surface area contributed by atoms with Crippen LogP contribution in [0.2, 0.25) is 0 Å². The Morgan fingerprint density at radius 3 is 2.48 bits per heavy atom. The summed E-state index contributed by atoms with van der Waals surface area (Å²) in [6.45, 7) is 5.31. The Morgan fingerprint density at radius 2 is 1.85 bits per heavy atom. The molecule has 0 aromatic heterocycles. The van der Waals surface area contributed by atoms with Gasteiger partial charge < -0.3 is 10.1 Å². The third kappa shape index (κ3) is 6.10. The van der Waals surface area contributed by atoms with Crippen molar-refractivity contribution in [1.29, 1.82) is 0 Å². The van der Waals surface area contributed by atoms with Gasteiger partial charge in [0.05, 0.1) is 10.7 Å². The Morgan fingerprint density at radius 1 is 1.19 bits per heavy atom. The van der Waals surface area contributed by atoms with Gasteiger partial charge in [-0.15, -0.1) is 11.8 Å². The highest BCUT2D eigenvalue weighted by Gasteiger charge is 2.19. The number of nitro benzene ring substituents is 1. The molecule has 0 radical (unpaired) electrons. The first-order chi connectivity index (χ1) is 12.8. The van der Waals surface area contributed by atoms with Crippen LogP contribution >= 0.6 is 11.8 Å². The normalized spacial score (nSPS) is 11.5. The van der Waals surface area contributed by atoms with Crippen LogP contribution in [-0.4, -0.2) is 28.7 Å². The molecule has 1 atom stereocenters. The topological polar surface area (TPSA) is 98.5 Å². The van der Waals surface area contributed by atoms with Crippen LogP contribution in [-0.2, 0) is 14.3 Å². The van der Waals surface area contributed by atoms with Gasteiger partial charge in [0.1, 0.15) is 0 Å². The summed E-state index contributed by atoms with van der Waals surface area (Å²) >= 11 is 1.18. The number of non-ortho nitro benzene ring substituents is 1. The number of aryl methyl sites for hydroxylation is 2. The molecule has 0 spiro atoms. The molecule has 2 aromatic rings. The lowest BCUT2D eigenvalue weighted by atomic mass is 10.1. The van der Waals surface area contributed by atoms with Crippen LogP contribution in [0.25, 0.3) is 0 Å². The first-order valence-electron chi connectivity index (χ1n) is 8.21. The second-order valence-corrected chi connectivity index (χ2v) is 7.03. The van der Waals surface area contributed by atoms with E-state index >= 15 is 0 Å². The van der Waals surface area contributed by atoms with E-state index in [9.17, 15) is 19.7 Å². The minimum atomic E-state index is -0.935. The van der Waals surface area contributed by atoms with Crippen LogP contribution in [0, 0.1) is 24.0 Å². The number of esters is 1. The summed E-state index contributed by atoms with van der Waals surface area (Å²) in [7, 11) is 0. The average Bonchev–Trinajstić information content (AvgIpc) is 2.63. The van der Waals surface area contributed by atoms with Gasteiger partial charge in [-0.1, -0.05) is 12.1 Å². The van der Waals surface area contributed by atoms with Crippen LogP contribution in [0.5, 0.6) is 0 Å². The van der Waals surface area contributed by atoms with Crippen LogP contribution in [0.15, 0.2) is 47.4 Å². The van der Waals surface area contributed by atoms with E-state index in [-0.39, 0.29) is 11.4 Å². The van der Waals surface area contributed by atoms with Gasteiger partial charge in [0.25, 0.3) is 11.6 Å². The molecule has 7 nitrogen and oxygen atoms in total. The monoisotopic (exact) mass is 388 g/mol. The zero-order chi connectivity index (χ0) is 20.0. The van der Waals surface area contributed by atoms with E-state index in [1.807, 2.05) is 32.0 Å². The largest absolute Gasteiger partial charge is 0.452 e. The highest BCUT2D eigenvalue weighted by atomic mass is 32.2. The van der Waals surface area contributed by atoms with Gasteiger partial charge in [-0.2, -0.15) is 0 Å². The number of nitrogens with zero attached hydrogens (tertiary/aromatic N) is 1. The molecular formula is C19H20N2O5S.